The van der Waals surface area contributed by atoms with Gasteiger partial charge >= 0.3 is 0 Å². The van der Waals surface area contributed by atoms with Gasteiger partial charge in [-0.15, -0.1) is 0 Å². The van der Waals surface area contributed by atoms with Gasteiger partial charge in [0.1, 0.15) is 5.52 Å². The van der Waals surface area contributed by atoms with Gasteiger partial charge in [-0.25, -0.2) is 4.98 Å². The Morgan fingerprint density at radius 3 is 2.56 bits per heavy atom. The zero-order valence-corrected chi connectivity index (χ0v) is 9.45. The average molecular weight is 238 g/mol. The second-order valence-electron chi connectivity index (χ2n) is 3.85. The fraction of sp³-hybridized carbons (Fsp3) is 0. The number of oxime groups is 1. The molecule has 18 heavy (non-hydrogen) atoms. The Bertz CT molecular complexity index is 666. The summed E-state index contributed by atoms with van der Waals surface area (Å²) in [6.07, 6.45) is 1.37. The Morgan fingerprint density at radius 2 is 1.83 bits per heavy atom. The molecule has 0 radical (unpaired) electrons. The van der Waals surface area contributed by atoms with Crippen molar-refractivity contribution in [3.8, 4) is 11.5 Å². The molecule has 0 atom stereocenters. The van der Waals surface area contributed by atoms with Crippen molar-refractivity contribution in [3.05, 3.63) is 54.1 Å². The van der Waals surface area contributed by atoms with Gasteiger partial charge < -0.3 is 9.62 Å². The molecule has 3 aromatic rings. The molecule has 1 aromatic heterocycles. The summed E-state index contributed by atoms with van der Waals surface area (Å²) in [7, 11) is 0. The summed E-state index contributed by atoms with van der Waals surface area (Å²) in [6.45, 7) is 0. The van der Waals surface area contributed by atoms with E-state index in [9.17, 15) is 0 Å². The predicted octanol–water partition coefficient (Wildman–Crippen LogP) is 3.30. The summed E-state index contributed by atoms with van der Waals surface area (Å²) in [5.41, 5.74) is 3.32. The smallest absolute Gasteiger partial charge is 0.227 e. The number of nitrogens with zero attached hydrogens (tertiary/aromatic N) is 2. The predicted molar refractivity (Wildman–Crippen MR) is 68.8 cm³/mol. The maximum absolute atomic E-state index is 8.44. The number of benzene rings is 2. The van der Waals surface area contributed by atoms with E-state index in [0.29, 0.717) is 5.89 Å². The van der Waals surface area contributed by atoms with Gasteiger partial charge in [0.25, 0.3) is 0 Å². The summed E-state index contributed by atoms with van der Waals surface area (Å²) >= 11 is 0. The number of rotatable bonds is 2. The molecule has 0 aliphatic rings. The second-order valence-corrected chi connectivity index (χ2v) is 3.85. The maximum Gasteiger partial charge on any atom is 0.227 e. The molecule has 0 saturated heterocycles. The minimum atomic E-state index is 0.587. The number of para-hydroxylation sites is 2. The Morgan fingerprint density at radius 1 is 1.06 bits per heavy atom. The third-order valence-corrected chi connectivity index (χ3v) is 2.66. The van der Waals surface area contributed by atoms with Gasteiger partial charge in [-0.2, -0.15) is 0 Å². The molecular formula is C14H10N2O2. The zero-order valence-electron chi connectivity index (χ0n) is 9.45. The summed E-state index contributed by atoms with van der Waals surface area (Å²) in [5, 5.41) is 11.4. The van der Waals surface area contributed by atoms with Gasteiger partial charge in [0.2, 0.25) is 5.89 Å². The molecule has 4 nitrogen and oxygen atoms in total. The first-order chi connectivity index (χ1) is 8.86. The second kappa shape index (κ2) is 4.33. The van der Waals surface area contributed by atoms with E-state index in [1.807, 2.05) is 48.5 Å². The van der Waals surface area contributed by atoms with Crippen LogP contribution in [-0.4, -0.2) is 16.4 Å². The molecule has 1 heterocycles. The molecule has 0 spiro atoms. The lowest BCUT2D eigenvalue weighted by molar-refractivity contribution is 0.322. The molecule has 0 aliphatic heterocycles. The first-order valence-electron chi connectivity index (χ1n) is 5.50. The van der Waals surface area contributed by atoms with E-state index in [1.54, 1.807) is 0 Å². The number of aromatic nitrogens is 1. The molecule has 0 saturated carbocycles. The Labute approximate surface area is 103 Å². The Kier molecular flexibility index (Phi) is 2.53. The maximum atomic E-state index is 8.44. The summed E-state index contributed by atoms with van der Waals surface area (Å²) in [4.78, 5) is 4.41. The van der Waals surface area contributed by atoms with Gasteiger partial charge in [0.15, 0.2) is 5.58 Å². The van der Waals surface area contributed by atoms with Crippen LogP contribution in [0.1, 0.15) is 5.56 Å². The fourth-order valence-electron chi connectivity index (χ4n) is 1.77. The van der Waals surface area contributed by atoms with Crippen molar-refractivity contribution in [1.29, 1.82) is 0 Å². The molecule has 0 amide bonds. The standard InChI is InChI=1S/C14H10N2O2/c17-15-9-10-5-7-11(8-6-10)14-16-12-3-1-2-4-13(12)18-14/h1-9,17H/b15-9+. The molecule has 3 rings (SSSR count). The van der Waals surface area contributed by atoms with Crippen molar-refractivity contribution < 1.29 is 9.62 Å². The highest BCUT2D eigenvalue weighted by Gasteiger charge is 2.06. The number of oxazole rings is 1. The van der Waals surface area contributed by atoms with E-state index in [0.717, 1.165) is 22.2 Å². The molecule has 0 fully saturated rings. The van der Waals surface area contributed by atoms with Crippen LogP contribution in [0.15, 0.2) is 58.1 Å². The van der Waals surface area contributed by atoms with Gasteiger partial charge in [-0.3, -0.25) is 0 Å². The van der Waals surface area contributed by atoms with E-state index >= 15 is 0 Å². The summed E-state index contributed by atoms with van der Waals surface area (Å²) in [6, 6.07) is 15.1. The van der Waals surface area contributed by atoms with Crippen molar-refractivity contribution in [3.63, 3.8) is 0 Å². The summed E-state index contributed by atoms with van der Waals surface area (Å²) < 4.78 is 5.66. The van der Waals surface area contributed by atoms with Crippen molar-refractivity contribution in [2.24, 2.45) is 5.16 Å². The Balaban J connectivity index is 2.03. The molecule has 0 aliphatic carbocycles. The van der Waals surface area contributed by atoms with Crippen molar-refractivity contribution >= 4 is 17.3 Å². The number of fused-ring (bicyclic) bond motifs is 1. The lowest BCUT2D eigenvalue weighted by Gasteiger charge is -1.95. The van der Waals surface area contributed by atoms with E-state index in [2.05, 4.69) is 10.1 Å². The van der Waals surface area contributed by atoms with Crippen LogP contribution >= 0.6 is 0 Å². The van der Waals surface area contributed by atoms with Crippen LogP contribution < -0.4 is 0 Å². The molecule has 2 aromatic carbocycles. The highest BCUT2D eigenvalue weighted by molar-refractivity contribution is 5.80. The van der Waals surface area contributed by atoms with E-state index in [-0.39, 0.29) is 0 Å². The number of hydrogen-bond acceptors (Lipinski definition) is 4. The average Bonchev–Trinajstić information content (AvgIpc) is 2.84. The van der Waals surface area contributed by atoms with Crippen LogP contribution in [0, 0.1) is 0 Å². The minimum Gasteiger partial charge on any atom is -0.436 e. The Hall–Kier alpha value is -2.62. The van der Waals surface area contributed by atoms with Crippen LogP contribution in [0.25, 0.3) is 22.6 Å². The lowest BCUT2D eigenvalue weighted by Crippen LogP contribution is -1.82. The highest BCUT2D eigenvalue weighted by Crippen LogP contribution is 2.23. The van der Waals surface area contributed by atoms with Gasteiger partial charge in [-0.05, 0) is 29.8 Å². The molecule has 0 bridgehead atoms. The number of hydrogen-bond donors (Lipinski definition) is 1. The lowest BCUT2D eigenvalue weighted by atomic mass is 10.1. The van der Waals surface area contributed by atoms with E-state index in [1.165, 1.54) is 6.21 Å². The van der Waals surface area contributed by atoms with Crippen LogP contribution in [-0.2, 0) is 0 Å². The summed E-state index contributed by atoms with van der Waals surface area (Å²) in [5.74, 6) is 0.587. The van der Waals surface area contributed by atoms with Crippen LogP contribution in [0.5, 0.6) is 0 Å². The van der Waals surface area contributed by atoms with Gasteiger partial charge in [0.05, 0.1) is 6.21 Å². The topological polar surface area (TPSA) is 58.6 Å². The van der Waals surface area contributed by atoms with E-state index in [4.69, 9.17) is 9.62 Å². The van der Waals surface area contributed by atoms with Crippen molar-refractivity contribution in [2.75, 3.05) is 0 Å². The van der Waals surface area contributed by atoms with Crippen LogP contribution in [0.2, 0.25) is 0 Å². The van der Waals surface area contributed by atoms with Gasteiger partial charge in [0, 0.05) is 5.56 Å². The quantitative estimate of drug-likeness (QED) is 0.423. The van der Waals surface area contributed by atoms with Crippen LogP contribution in [0.4, 0.5) is 0 Å². The SMILES string of the molecule is O/N=C/c1ccc(-c2nc3ccccc3o2)cc1. The molecular weight excluding hydrogens is 228 g/mol. The molecule has 4 heteroatoms. The minimum absolute atomic E-state index is 0.587. The first-order valence-corrected chi connectivity index (χ1v) is 5.50. The molecule has 88 valence electrons. The monoisotopic (exact) mass is 238 g/mol. The van der Waals surface area contributed by atoms with E-state index < -0.39 is 0 Å². The largest absolute Gasteiger partial charge is 0.436 e. The zero-order chi connectivity index (χ0) is 12.4. The molecule has 1 N–H and O–H groups in total. The first kappa shape index (κ1) is 10.5. The third kappa shape index (κ3) is 1.84. The molecule has 0 unspecified atom stereocenters. The van der Waals surface area contributed by atoms with Crippen molar-refractivity contribution in [1.82, 2.24) is 4.98 Å². The van der Waals surface area contributed by atoms with Crippen LogP contribution in [0.3, 0.4) is 0 Å². The normalized spacial score (nSPS) is 11.3. The fourth-order valence-corrected chi connectivity index (χ4v) is 1.77. The van der Waals surface area contributed by atoms with Gasteiger partial charge in [-0.1, -0.05) is 29.4 Å². The highest BCUT2D eigenvalue weighted by atomic mass is 16.4. The van der Waals surface area contributed by atoms with Crippen molar-refractivity contribution in [2.45, 2.75) is 0 Å². The third-order valence-electron chi connectivity index (χ3n) is 2.66.